The van der Waals surface area contributed by atoms with Gasteiger partial charge in [-0.05, 0) is 79.9 Å². The van der Waals surface area contributed by atoms with E-state index in [1.165, 1.54) is 6.07 Å². The van der Waals surface area contributed by atoms with Gasteiger partial charge in [-0.3, -0.25) is 14.1 Å². The van der Waals surface area contributed by atoms with Crippen molar-refractivity contribution < 1.29 is 17.6 Å². The van der Waals surface area contributed by atoms with Crippen LogP contribution >= 0.6 is 0 Å². The minimum atomic E-state index is -3.36. The van der Waals surface area contributed by atoms with Crippen LogP contribution in [0.1, 0.15) is 29.8 Å². The lowest BCUT2D eigenvalue weighted by Crippen LogP contribution is -2.54. The maximum absolute atomic E-state index is 15.0. The summed E-state index contributed by atoms with van der Waals surface area (Å²) in [5, 5.41) is 4.13. The molecule has 2 atom stereocenters. The molecule has 4 aromatic rings. The maximum Gasteiger partial charge on any atom is 0.262 e. The minimum Gasteiger partial charge on any atom is -0.366 e. The molecular weight excluding hydrogens is 503 g/mol. The number of aromatic nitrogens is 1. The van der Waals surface area contributed by atoms with Gasteiger partial charge >= 0.3 is 0 Å². The summed E-state index contributed by atoms with van der Waals surface area (Å²) >= 11 is 0. The van der Waals surface area contributed by atoms with E-state index in [1.54, 1.807) is 47.2 Å². The molecule has 2 heterocycles. The first kappa shape index (κ1) is 25.9. The summed E-state index contributed by atoms with van der Waals surface area (Å²) < 4.78 is 42.1. The molecule has 2 N–H and O–H groups in total. The summed E-state index contributed by atoms with van der Waals surface area (Å²) in [6, 6.07) is 18.1. The Morgan fingerprint density at radius 3 is 2.32 bits per heavy atom. The molecule has 1 fully saturated rings. The van der Waals surface area contributed by atoms with Crippen molar-refractivity contribution in [3.05, 3.63) is 83.8 Å². The van der Waals surface area contributed by atoms with Crippen LogP contribution in [0.5, 0.6) is 0 Å². The monoisotopic (exact) mass is 534 g/mol. The molecule has 198 valence electrons. The highest BCUT2D eigenvalue weighted by Gasteiger charge is 2.24. The Labute approximate surface area is 222 Å². The average molecular weight is 535 g/mol. The number of anilines is 2. The average Bonchev–Trinajstić information content (AvgIpc) is 3.24. The van der Waals surface area contributed by atoms with Gasteiger partial charge in [0.1, 0.15) is 5.82 Å². The third-order valence-corrected chi connectivity index (χ3v) is 7.45. The van der Waals surface area contributed by atoms with Crippen molar-refractivity contribution in [2.75, 3.05) is 29.0 Å². The molecule has 1 aromatic heterocycles. The number of fused-ring (bicyclic) bond motifs is 1. The van der Waals surface area contributed by atoms with Crippen LogP contribution in [-0.2, 0) is 10.0 Å². The number of hydrogen-bond acceptors (Lipinski definition) is 5. The normalized spacial score (nSPS) is 18.1. The number of nitrogens with one attached hydrogen (secondary N) is 2. The van der Waals surface area contributed by atoms with E-state index < -0.39 is 10.0 Å². The zero-order chi connectivity index (χ0) is 27.2. The van der Waals surface area contributed by atoms with Crippen LogP contribution in [0.15, 0.2) is 66.9 Å². The molecule has 9 heteroatoms. The first-order valence-corrected chi connectivity index (χ1v) is 14.4. The SMILES string of the molecule is Cc1cc(NS(C)(=O)=O)ccc1-c1ccc(C(=O)n2ccc3cc(F)c(N4C[C@@H](C)N[C@@H](C)C4)cc32)cc1. The Balaban J connectivity index is 1.42. The first-order chi connectivity index (χ1) is 18.0. The molecule has 7 nitrogen and oxygen atoms in total. The van der Waals surface area contributed by atoms with Gasteiger partial charge in [0.05, 0.1) is 17.5 Å². The van der Waals surface area contributed by atoms with Crippen molar-refractivity contribution in [3.8, 4) is 11.1 Å². The highest BCUT2D eigenvalue weighted by atomic mass is 32.2. The summed E-state index contributed by atoms with van der Waals surface area (Å²) in [4.78, 5) is 15.5. The van der Waals surface area contributed by atoms with Gasteiger partial charge in [0.25, 0.3) is 5.91 Å². The van der Waals surface area contributed by atoms with E-state index in [1.807, 2.05) is 30.0 Å². The van der Waals surface area contributed by atoms with E-state index in [9.17, 15) is 13.2 Å². The predicted octanol–water partition coefficient (Wildman–Crippen LogP) is 5.00. The third kappa shape index (κ3) is 5.30. The largest absolute Gasteiger partial charge is 0.366 e. The van der Waals surface area contributed by atoms with Crippen molar-refractivity contribution in [2.45, 2.75) is 32.9 Å². The van der Waals surface area contributed by atoms with Crippen molar-refractivity contribution in [2.24, 2.45) is 0 Å². The standard InChI is InChI=1S/C29H31FN4O3S/c1-18-13-24(32-38(4,36)37)9-10-25(18)21-5-7-22(8-6-21)29(35)34-12-11-23-14-26(30)28(15-27(23)34)33-16-19(2)31-20(3)17-33/h5-15,19-20,31-32H,16-17H2,1-4H3/t19-,20+. The summed E-state index contributed by atoms with van der Waals surface area (Å²) in [6.07, 6.45) is 2.80. The van der Waals surface area contributed by atoms with E-state index in [2.05, 4.69) is 23.9 Å². The highest BCUT2D eigenvalue weighted by molar-refractivity contribution is 7.92. The summed E-state index contributed by atoms with van der Waals surface area (Å²) in [5.74, 6) is -0.489. The van der Waals surface area contributed by atoms with Crippen LogP contribution in [0.25, 0.3) is 22.0 Å². The molecule has 0 radical (unpaired) electrons. The lowest BCUT2D eigenvalue weighted by Gasteiger charge is -2.37. The van der Waals surface area contributed by atoms with Gasteiger partial charge in [0.2, 0.25) is 10.0 Å². The molecule has 3 aromatic carbocycles. The predicted molar refractivity (Wildman–Crippen MR) is 151 cm³/mol. The van der Waals surface area contributed by atoms with E-state index in [4.69, 9.17) is 0 Å². The highest BCUT2D eigenvalue weighted by Crippen LogP contribution is 2.30. The lowest BCUT2D eigenvalue weighted by molar-refractivity contribution is 0.0965. The van der Waals surface area contributed by atoms with Crippen LogP contribution in [-0.4, -0.2) is 50.3 Å². The smallest absolute Gasteiger partial charge is 0.262 e. The number of nitrogens with zero attached hydrogens (tertiary/aromatic N) is 2. The fraction of sp³-hybridized carbons (Fsp3) is 0.276. The summed E-state index contributed by atoms with van der Waals surface area (Å²) in [6.45, 7) is 7.44. The Bertz CT molecular complexity index is 1620. The number of aryl methyl sites for hydroxylation is 1. The number of halogens is 1. The molecule has 0 unspecified atom stereocenters. The van der Waals surface area contributed by atoms with Crippen molar-refractivity contribution in [1.82, 2.24) is 9.88 Å². The Morgan fingerprint density at radius 1 is 1.00 bits per heavy atom. The second kappa shape index (κ2) is 9.89. The van der Waals surface area contributed by atoms with Gasteiger partial charge in [0, 0.05) is 48.0 Å². The maximum atomic E-state index is 15.0. The molecule has 38 heavy (non-hydrogen) atoms. The number of hydrogen-bond donors (Lipinski definition) is 2. The topological polar surface area (TPSA) is 83.4 Å². The molecule has 1 saturated heterocycles. The quantitative estimate of drug-likeness (QED) is 0.377. The molecule has 0 amide bonds. The number of rotatable bonds is 5. The van der Waals surface area contributed by atoms with Crippen molar-refractivity contribution in [3.63, 3.8) is 0 Å². The fourth-order valence-electron chi connectivity index (χ4n) is 5.28. The van der Waals surface area contributed by atoms with Crippen LogP contribution in [0, 0.1) is 12.7 Å². The number of carbonyl (C=O) groups excluding carboxylic acids is 1. The van der Waals surface area contributed by atoms with Gasteiger partial charge in [-0.25, -0.2) is 12.8 Å². The van der Waals surface area contributed by atoms with Gasteiger partial charge in [-0.15, -0.1) is 0 Å². The Hall–Kier alpha value is -3.69. The number of benzene rings is 3. The van der Waals surface area contributed by atoms with Gasteiger partial charge < -0.3 is 10.2 Å². The van der Waals surface area contributed by atoms with Gasteiger partial charge in [-0.1, -0.05) is 18.2 Å². The van der Waals surface area contributed by atoms with Crippen LogP contribution in [0.3, 0.4) is 0 Å². The Kier molecular flexibility index (Phi) is 6.75. The molecule has 0 aliphatic carbocycles. The van der Waals surface area contributed by atoms with Crippen LogP contribution in [0.4, 0.5) is 15.8 Å². The molecule has 0 bridgehead atoms. The van der Waals surface area contributed by atoms with E-state index >= 15 is 4.39 Å². The zero-order valence-corrected chi connectivity index (χ0v) is 22.6. The third-order valence-electron chi connectivity index (χ3n) is 6.85. The molecule has 1 aliphatic rings. The van der Waals surface area contributed by atoms with Gasteiger partial charge in [-0.2, -0.15) is 0 Å². The lowest BCUT2D eigenvalue weighted by atomic mass is 9.99. The van der Waals surface area contributed by atoms with E-state index in [0.29, 0.717) is 40.9 Å². The molecular formula is C29H31FN4O3S. The molecule has 0 saturated carbocycles. The second-order valence-corrected chi connectivity index (χ2v) is 12.0. The molecule has 1 aliphatic heterocycles. The summed E-state index contributed by atoms with van der Waals surface area (Å²) in [5.41, 5.74) is 4.93. The van der Waals surface area contributed by atoms with Crippen LogP contribution < -0.4 is 14.9 Å². The van der Waals surface area contributed by atoms with E-state index in [-0.39, 0.29) is 23.8 Å². The number of piperazine rings is 1. The van der Waals surface area contributed by atoms with E-state index in [0.717, 1.165) is 22.9 Å². The second-order valence-electron chi connectivity index (χ2n) is 10.2. The Morgan fingerprint density at radius 2 is 1.68 bits per heavy atom. The minimum absolute atomic E-state index is 0.199. The number of carbonyl (C=O) groups is 1. The zero-order valence-electron chi connectivity index (χ0n) is 21.8. The fourth-order valence-corrected chi connectivity index (χ4v) is 5.84. The van der Waals surface area contributed by atoms with Crippen molar-refractivity contribution >= 4 is 38.2 Å². The molecule has 5 rings (SSSR count). The summed E-state index contributed by atoms with van der Waals surface area (Å²) in [7, 11) is -3.36. The molecule has 0 spiro atoms. The van der Waals surface area contributed by atoms with Gasteiger partial charge in [0.15, 0.2) is 0 Å². The van der Waals surface area contributed by atoms with Crippen LogP contribution in [0.2, 0.25) is 0 Å². The van der Waals surface area contributed by atoms with Crippen molar-refractivity contribution in [1.29, 1.82) is 0 Å². The first-order valence-electron chi connectivity index (χ1n) is 12.5. The number of sulfonamides is 1.